The molecule has 0 aliphatic heterocycles. The van der Waals surface area contributed by atoms with Gasteiger partial charge in [-0.25, -0.2) is 4.98 Å². The molecule has 2 heterocycles. The van der Waals surface area contributed by atoms with Crippen LogP contribution in [-0.2, 0) is 6.54 Å². The van der Waals surface area contributed by atoms with Gasteiger partial charge in [-0.15, -0.1) is 11.3 Å². The van der Waals surface area contributed by atoms with Crippen molar-refractivity contribution in [2.24, 2.45) is 23.7 Å². The van der Waals surface area contributed by atoms with Crippen LogP contribution in [0.5, 0.6) is 0 Å². The zero-order valence-corrected chi connectivity index (χ0v) is 14.6. The number of hydrogen-bond acceptors (Lipinski definition) is 4. The molecule has 4 fully saturated rings. The first-order valence-electron chi connectivity index (χ1n) is 8.67. The Morgan fingerprint density at radius 2 is 1.91 bits per heavy atom. The minimum Gasteiger partial charge on any atom is -0.443 e. The van der Waals surface area contributed by atoms with E-state index in [1.165, 1.54) is 32.1 Å². The Balaban J connectivity index is 1.27. The number of oxazole rings is 1. The largest absolute Gasteiger partial charge is 0.443 e. The van der Waals surface area contributed by atoms with Gasteiger partial charge in [0.05, 0.1) is 10.7 Å². The zero-order chi connectivity index (χ0) is 15.4. The molecule has 0 radical (unpaired) electrons. The fourth-order valence-electron chi connectivity index (χ4n) is 5.42. The summed E-state index contributed by atoms with van der Waals surface area (Å²) in [6.45, 7) is 0.805. The van der Waals surface area contributed by atoms with Gasteiger partial charge in [0.2, 0.25) is 5.89 Å². The Morgan fingerprint density at radius 3 is 2.57 bits per heavy atom. The normalized spacial score (nSPS) is 35.1. The van der Waals surface area contributed by atoms with Crippen LogP contribution in [0.15, 0.2) is 22.1 Å². The summed E-state index contributed by atoms with van der Waals surface area (Å²) >= 11 is 7.73. The SMILES string of the molecule is Clc1ccsc1-c1nc(CNC2C3CC4CC(C3)CC2C4)co1. The number of rotatable bonds is 4. The molecule has 4 aliphatic rings. The molecule has 0 spiro atoms. The van der Waals surface area contributed by atoms with Crippen molar-refractivity contribution in [1.82, 2.24) is 10.3 Å². The lowest BCUT2D eigenvalue weighted by Crippen LogP contribution is -2.54. The van der Waals surface area contributed by atoms with Crippen molar-refractivity contribution in [2.75, 3.05) is 0 Å². The molecule has 1 N–H and O–H groups in total. The monoisotopic (exact) mass is 348 g/mol. The van der Waals surface area contributed by atoms with Crippen LogP contribution < -0.4 is 5.32 Å². The van der Waals surface area contributed by atoms with Gasteiger partial charge < -0.3 is 9.73 Å². The van der Waals surface area contributed by atoms with Crippen molar-refractivity contribution in [3.8, 4) is 10.8 Å². The summed E-state index contributed by atoms with van der Waals surface area (Å²) in [7, 11) is 0. The summed E-state index contributed by atoms with van der Waals surface area (Å²) < 4.78 is 5.62. The fraction of sp³-hybridized carbons (Fsp3) is 0.611. The third kappa shape index (κ3) is 2.55. The predicted molar refractivity (Wildman–Crippen MR) is 92.5 cm³/mol. The molecular weight excluding hydrogens is 328 g/mol. The number of aromatic nitrogens is 1. The van der Waals surface area contributed by atoms with Gasteiger partial charge in [-0.1, -0.05) is 11.6 Å². The van der Waals surface area contributed by atoms with Crippen molar-refractivity contribution in [3.63, 3.8) is 0 Å². The van der Waals surface area contributed by atoms with Crippen LogP contribution in [0.1, 0.15) is 37.8 Å². The first-order chi connectivity index (χ1) is 11.3. The second kappa shape index (κ2) is 5.61. The molecule has 5 heteroatoms. The van der Waals surface area contributed by atoms with Gasteiger partial charge in [0, 0.05) is 12.6 Å². The summed E-state index contributed by atoms with van der Waals surface area (Å²) in [6, 6.07) is 2.58. The van der Waals surface area contributed by atoms with Gasteiger partial charge in [-0.3, -0.25) is 0 Å². The highest BCUT2D eigenvalue weighted by Gasteiger charge is 2.47. The number of hydrogen-bond donors (Lipinski definition) is 1. The first kappa shape index (κ1) is 14.5. The van der Waals surface area contributed by atoms with E-state index in [0.29, 0.717) is 11.9 Å². The molecule has 2 aromatic rings. The van der Waals surface area contributed by atoms with Crippen molar-refractivity contribution < 1.29 is 4.42 Å². The highest BCUT2D eigenvalue weighted by Crippen LogP contribution is 2.53. The van der Waals surface area contributed by atoms with E-state index in [1.807, 2.05) is 11.4 Å². The Labute approximate surface area is 145 Å². The van der Waals surface area contributed by atoms with E-state index >= 15 is 0 Å². The van der Waals surface area contributed by atoms with Gasteiger partial charge >= 0.3 is 0 Å². The van der Waals surface area contributed by atoms with E-state index in [1.54, 1.807) is 17.6 Å². The molecule has 4 saturated carbocycles. The number of nitrogens with zero attached hydrogens (tertiary/aromatic N) is 1. The average Bonchev–Trinajstić information content (AvgIpc) is 3.14. The van der Waals surface area contributed by atoms with Crippen LogP contribution in [-0.4, -0.2) is 11.0 Å². The van der Waals surface area contributed by atoms with Crippen molar-refractivity contribution in [3.05, 3.63) is 28.4 Å². The van der Waals surface area contributed by atoms with E-state index < -0.39 is 0 Å². The Morgan fingerprint density at radius 1 is 1.17 bits per heavy atom. The third-order valence-corrected chi connectivity index (χ3v) is 7.44. The molecule has 3 nitrogen and oxygen atoms in total. The summed E-state index contributed by atoms with van der Waals surface area (Å²) in [5, 5.41) is 6.49. The molecule has 0 aromatic carbocycles. The van der Waals surface area contributed by atoms with Crippen LogP contribution in [0.4, 0.5) is 0 Å². The molecule has 23 heavy (non-hydrogen) atoms. The summed E-state index contributed by atoms with van der Waals surface area (Å²) in [5.74, 6) is 4.48. The lowest BCUT2D eigenvalue weighted by Gasteiger charge is -2.54. The van der Waals surface area contributed by atoms with Crippen LogP contribution in [0.25, 0.3) is 10.8 Å². The van der Waals surface area contributed by atoms with Crippen molar-refractivity contribution in [2.45, 2.75) is 44.7 Å². The van der Waals surface area contributed by atoms with Crippen LogP contribution in [0.2, 0.25) is 5.02 Å². The smallest absolute Gasteiger partial charge is 0.238 e. The summed E-state index contributed by atoms with van der Waals surface area (Å²) in [4.78, 5) is 5.54. The second-order valence-electron chi connectivity index (χ2n) is 7.58. The highest BCUT2D eigenvalue weighted by molar-refractivity contribution is 7.14. The number of thiophene rings is 1. The number of halogens is 1. The van der Waals surface area contributed by atoms with Crippen LogP contribution in [0, 0.1) is 23.7 Å². The second-order valence-corrected chi connectivity index (χ2v) is 8.90. The summed E-state index contributed by atoms with van der Waals surface area (Å²) in [6.07, 6.45) is 9.06. The molecule has 0 unspecified atom stereocenters. The van der Waals surface area contributed by atoms with Crippen LogP contribution >= 0.6 is 22.9 Å². The van der Waals surface area contributed by atoms with E-state index in [-0.39, 0.29) is 0 Å². The lowest BCUT2D eigenvalue weighted by molar-refractivity contribution is -0.0143. The van der Waals surface area contributed by atoms with E-state index in [9.17, 15) is 0 Å². The molecule has 0 amide bonds. The Bertz CT molecular complexity index is 681. The molecule has 4 aliphatic carbocycles. The topological polar surface area (TPSA) is 38.1 Å². The van der Waals surface area contributed by atoms with Crippen molar-refractivity contribution in [1.29, 1.82) is 0 Å². The highest BCUT2D eigenvalue weighted by atomic mass is 35.5. The Hall–Kier alpha value is -0.840. The molecule has 2 aromatic heterocycles. The van der Waals surface area contributed by atoms with Gasteiger partial charge in [-0.05, 0) is 67.2 Å². The van der Waals surface area contributed by atoms with Crippen LogP contribution in [0.3, 0.4) is 0 Å². The molecule has 6 rings (SSSR count). The molecule has 122 valence electrons. The van der Waals surface area contributed by atoms with Gasteiger partial charge in [0.1, 0.15) is 11.1 Å². The van der Waals surface area contributed by atoms with E-state index in [4.69, 9.17) is 16.0 Å². The maximum Gasteiger partial charge on any atom is 0.238 e. The zero-order valence-electron chi connectivity index (χ0n) is 13.0. The molecule has 0 atom stereocenters. The van der Waals surface area contributed by atoms with E-state index in [2.05, 4.69) is 10.3 Å². The standard InChI is InChI=1S/C18H21ClN2OS/c19-15-1-2-23-17(15)18-21-14(9-22-18)8-20-16-12-4-10-3-11(6-12)7-13(16)5-10/h1-2,9-13,16,20H,3-8H2. The third-order valence-electron chi connectivity index (χ3n) is 6.11. The Kier molecular flexibility index (Phi) is 3.54. The van der Waals surface area contributed by atoms with Gasteiger partial charge in [0.15, 0.2) is 0 Å². The first-order valence-corrected chi connectivity index (χ1v) is 9.93. The average molecular weight is 349 g/mol. The molecular formula is C18H21ClN2OS. The van der Waals surface area contributed by atoms with E-state index in [0.717, 1.165) is 45.8 Å². The predicted octanol–water partition coefficient (Wildman–Crippen LogP) is 4.97. The minimum absolute atomic E-state index is 0.645. The van der Waals surface area contributed by atoms with Gasteiger partial charge in [-0.2, -0.15) is 0 Å². The number of nitrogens with one attached hydrogen (secondary N) is 1. The fourth-order valence-corrected chi connectivity index (χ4v) is 6.49. The maximum absolute atomic E-state index is 6.16. The summed E-state index contributed by atoms with van der Waals surface area (Å²) in [5.41, 5.74) is 0.985. The quantitative estimate of drug-likeness (QED) is 0.847. The molecule has 0 saturated heterocycles. The maximum atomic E-state index is 6.16. The van der Waals surface area contributed by atoms with Crippen molar-refractivity contribution >= 4 is 22.9 Å². The molecule has 4 bridgehead atoms. The minimum atomic E-state index is 0.645. The van der Waals surface area contributed by atoms with Gasteiger partial charge in [0.25, 0.3) is 0 Å². The lowest BCUT2D eigenvalue weighted by atomic mass is 9.54.